The number of aliphatic imine (C=N–C) groups is 1. The number of phenols is 2. The molecule has 54 heavy (non-hydrogen) atoms. The summed E-state index contributed by atoms with van der Waals surface area (Å²) in [6.07, 6.45) is 7.19. The molecule has 0 unspecified atom stereocenters. The van der Waals surface area contributed by atoms with E-state index in [4.69, 9.17) is 20.2 Å². The number of hydrogen-bond donors (Lipinski definition) is 6. The number of nitrogens with one attached hydrogen (secondary N) is 1. The molecule has 4 bridgehead atoms. The second-order valence-corrected chi connectivity index (χ2v) is 19.4. The number of rotatable bonds is 5. The smallest absolute Gasteiger partial charge is 0.257 e. The number of carbonyl (C=O) groups is 1. The number of hydrogen-bond acceptors (Lipinski definition) is 11. The van der Waals surface area contributed by atoms with Crippen LogP contribution in [0.1, 0.15) is 86.5 Å². The molecule has 2 aromatic carbocycles. The lowest BCUT2D eigenvalue weighted by atomic mass is 9.46. The van der Waals surface area contributed by atoms with E-state index >= 15 is 0 Å². The number of nitrogens with two attached hydrogens (primary N) is 1. The maximum Gasteiger partial charge on any atom is 0.257 e. The zero-order valence-corrected chi connectivity index (χ0v) is 30.5. The molecule has 284 valence electrons. The second kappa shape index (κ2) is 9.57. The van der Waals surface area contributed by atoms with E-state index in [9.17, 15) is 25.2 Å². The minimum absolute atomic E-state index is 0.0186. The minimum Gasteiger partial charge on any atom is -0.504 e. The standard InChI is InChI=1S/C42H49N5O7/c43-39(9-11-41(51)27-17-23-5-7-25(48)31-29(23)37(41,33(39)53-31)13-15-46(27)19-21-1-2-21)35-44-36(50)40(45-35)10-12-42(52)28-18-24-6-8-26(49)32-30(24)38(42,34(40)54-32)14-16-47(28)20-22-3-4-22/h5-8,21-22,27-28,33-34,48-49,51-52H,1-4,9-20,43H2,(H,44,45,50)/t27-,28-,33-,34-,37+,38+,39+,40+,41-,42-/m1/s1. The Bertz CT molecular complexity index is 2140. The van der Waals surface area contributed by atoms with Gasteiger partial charge in [-0.15, -0.1) is 0 Å². The van der Waals surface area contributed by atoms with Crippen LogP contribution in [0.15, 0.2) is 29.3 Å². The summed E-state index contributed by atoms with van der Waals surface area (Å²) in [5.41, 5.74) is 4.69. The van der Waals surface area contributed by atoms with E-state index in [-0.39, 0.29) is 35.9 Å². The average molecular weight is 736 g/mol. The third-order valence-electron chi connectivity index (χ3n) is 17.1. The Kier molecular flexibility index (Phi) is 5.63. The van der Waals surface area contributed by atoms with E-state index in [0.717, 1.165) is 48.4 Å². The summed E-state index contributed by atoms with van der Waals surface area (Å²) < 4.78 is 13.7. The molecule has 5 aliphatic heterocycles. The van der Waals surface area contributed by atoms with Crippen molar-refractivity contribution in [3.8, 4) is 23.0 Å². The fourth-order valence-electron chi connectivity index (χ4n) is 14.4. The molecule has 4 saturated carbocycles. The summed E-state index contributed by atoms with van der Waals surface area (Å²) in [5.74, 6) is 2.18. The predicted molar refractivity (Wildman–Crippen MR) is 195 cm³/mol. The molecule has 2 aromatic rings. The highest BCUT2D eigenvalue weighted by Crippen LogP contribution is 2.70. The molecule has 5 heterocycles. The number of benzene rings is 2. The van der Waals surface area contributed by atoms with Crippen molar-refractivity contribution in [3.05, 3.63) is 46.5 Å². The quantitative estimate of drug-likeness (QED) is 0.266. The van der Waals surface area contributed by atoms with E-state index in [1.807, 2.05) is 12.1 Å². The number of nitrogens with zero attached hydrogens (tertiary/aromatic N) is 3. The van der Waals surface area contributed by atoms with Gasteiger partial charge in [0, 0.05) is 36.3 Å². The van der Waals surface area contributed by atoms with Gasteiger partial charge in [0.15, 0.2) is 28.5 Å². The first-order valence-electron chi connectivity index (χ1n) is 20.6. The van der Waals surface area contributed by atoms with Crippen LogP contribution in [0.4, 0.5) is 0 Å². The van der Waals surface area contributed by atoms with Crippen LogP contribution in [0.3, 0.4) is 0 Å². The Morgan fingerprint density at radius 2 is 1.26 bits per heavy atom. The molecule has 0 aromatic heterocycles. The number of aromatic hydroxyl groups is 2. The molecule has 12 heteroatoms. The van der Waals surface area contributed by atoms with Gasteiger partial charge in [0.1, 0.15) is 23.6 Å². The van der Waals surface area contributed by atoms with Gasteiger partial charge in [-0.25, -0.2) is 4.99 Å². The van der Waals surface area contributed by atoms with E-state index < -0.39 is 45.3 Å². The highest BCUT2D eigenvalue weighted by atomic mass is 16.5. The minimum atomic E-state index is -1.40. The molecular weight excluding hydrogens is 686 g/mol. The second-order valence-electron chi connectivity index (χ2n) is 19.4. The van der Waals surface area contributed by atoms with Crippen LogP contribution in [0.25, 0.3) is 0 Å². The van der Waals surface area contributed by atoms with Crippen LogP contribution in [-0.4, -0.2) is 115 Å². The van der Waals surface area contributed by atoms with Crippen LogP contribution in [0, 0.1) is 11.8 Å². The zero-order chi connectivity index (χ0) is 36.4. The molecule has 11 aliphatic rings. The van der Waals surface area contributed by atoms with Gasteiger partial charge in [-0.3, -0.25) is 14.6 Å². The summed E-state index contributed by atoms with van der Waals surface area (Å²) in [5, 5.41) is 52.0. The number of amides is 1. The molecule has 6 fully saturated rings. The molecule has 3 spiro atoms. The number of likely N-dealkylation sites (tertiary alicyclic amines) is 2. The van der Waals surface area contributed by atoms with Crippen molar-refractivity contribution in [2.24, 2.45) is 22.6 Å². The largest absolute Gasteiger partial charge is 0.504 e. The molecule has 6 aliphatic carbocycles. The third kappa shape index (κ3) is 3.34. The maximum atomic E-state index is 14.9. The van der Waals surface area contributed by atoms with Crippen LogP contribution in [0.5, 0.6) is 23.0 Å². The van der Waals surface area contributed by atoms with Gasteiger partial charge in [-0.05, 0) is 125 Å². The lowest BCUT2D eigenvalue weighted by Gasteiger charge is -2.65. The fraction of sp³-hybridized carbons (Fsp3) is 0.667. The lowest BCUT2D eigenvalue weighted by Crippen LogP contribution is -2.82. The Balaban J connectivity index is 0.940. The molecule has 12 nitrogen and oxygen atoms in total. The summed E-state index contributed by atoms with van der Waals surface area (Å²) in [6, 6.07) is 7.12. The first kappa shape index (κ1) is 31.7. The third-order valence-corrected chi connectivity index (χ3v) is 17.1. The summed E-state index contributed by atoms with van der Waals surface area (Å²) in [4.78, 5) is 25.3. The Labute approximate surface area is 313 Å². The number of amidine groups is 1. The Morgan fingerprint density at radius 3 is 1.81 bits per heavy atom. The van der Waals surface area contributed by atoms with E-state index in [1.165, 1.54) is 25.7 Å². The first-order chi connectivity index (χ1) is 26.0. The molecule has 13 rings (SSSR count). The van der Waals surface area contributed by atoms with Crippen LogP contribution in [-0.2, 0) is 28.5 Å². The van der Waals surface area contributed by atoms with Gasteiger partial charge >= 0.3 is 0 Å². The molecule has 10 atom stereocenters. The van der Waals surface area contributed by atoms with Crippen molar-refractivity contribution in [1.82, 2.24) is 15.1 Å². The topological polar surface area (TPSA) is 173 Å². The highest BCUT2D eigenvalue weighted by molar-refractivity contribution is 6.13. The van der Waals surface area contributed by atoms with Crippen molar-refractivity contribution >= 4 is 11.7 Å². The zero-order valence-electron chi connectivity index (χ0n) is 30.5. The van der Waals surface area contributed by atoms with E-state index in [1.54, 1.807) is 12.1 Å². The van der Waals surface area contributed by atoms with Gasteiger partial charge in [0.25, 0.3) is 5.91 Å². The van der Waals surface area contributed by atoms with Gasteiger partial charge in [0.2, 0.25) is 0 Å². The number of phenolic OH excluding ortho intramolecular Hbond substituents is 2. The molecule has 1 amide bonds. The SMILES string of the molecule is N[C@@]1(C2=N[C@]3(CC[C@@]4(O)[C@H]5Cc6ccc(O)c7c6[C@@]4(CCN5CC4CC4)[C@H]3O7)C(=O)N2)CC[C@@]2(O)[C@H]3Cc4ccc(O)c5c4[C@@]2(CCN3CC2CC2)[C@H]1O5. The number of piperidine rings is 2. The Morgan fingerprint density at radius 1 is 0.741 bits per heavy atom. The summed E-state index contributed by atoms with van der Waals surface area (Å²) in [6.45, 7) is 3.50. The van der Waals surface area contributed by atoms with Crippen molar-refractivity contribution < 1.29 is 34.7 Å². The average Bonchev–Trinajstić information content (AvgIpc) is 4.05. The van der Waals surface area contributed by atoms with E-state index in [2.05, 4.69) is 15.1 Å². The Hall–Kier alpha value is -3.42. The van der Waals surface area contributed by atoms with Crippen LogP contribution >= 0.6 is 0 Å². The van der Waals surface area contributed by atoms with Gasteiger partial charge < -0.3 is 41.0 Å². The van der Waals surface area contributed by atoms with Gasteiger partial charge in [0.05, 0.1) is 22.0 Å². The predicted octanol–water partition coefficient (Wildman–Crippen LogP) is 1.89. The number of carbonyl (C=O) groups excluding carboxylic acids is 1. The number of fused-ring (bicyclic) bond motifs is 1. The maximum absolute atomic E-state index is 14.9. The highest BCUT2D eigenvalue weighted by Gasteiger charge is 2.80. The number of ether oxygens (including phenoxy) is 2. The van der Waals surface area contributed by atoms with Crippen molar-refractivity contribution in [3.63, 3.8) is 0 Å². The summed E-state index contributed by atoms with van der Waals surface area (Å²) >= 11 is 0. The summed E-state index contributed by atoms with van der Waals surface area (Å²) in [7, 11) is 0. The molecule has 7 N–H and O–H groups in total. The van der Waals surface area contributed by atoms with Gasteiger partial charge in [-0.1, -0.05) is 12.1 Å². The first-order valence-corrected chi connectivity index (χ1v) is 20.6. The van der Waals surface area contributed by atoms with Crippen molar-refractivity contribution in [1.29, 1.82) is 0 Å². The normalized spacial score (nSPS) is 46.1. The fourth-order valence-corrected chi connectivity index (χ4v) is 14.4. The van der Waals surface area contributed by atoms with Crippen LogP contribution in [0.2, 0.25) is 0 Å². The van der Waals surface area contributed by atoms with E-state index in [0.29, 0.717) is 74.1 Å². The van der Waals surface area contributed by atoms with Crippen molar-refractivity contribution in [2.45, 2.75) is 134 Å². The van der Waals surface area contributed by atoms with Gasteiger partial charge in [-0.2, -0.15) is 0 Å². The molecule has 2 saturated heterocycles. The van der Waals surface area contributed by atoms with Crippen molar-refractivity contribution in [2.75, 3.05) is 26.2 Å². The monoisotopic (exact) mass is 735 g/mol. The molecular formula is C42H49N5O7. The van der Waals surface area contributed by atoms with Crippen LogP contribution < -0.4 is 20.5 Å². The number of aliphatic hydroxyl groups is 2. The molecule has 0 radical (unpaired) electrons. The lowest BCUT2D eigenvalue weighted by molar-refractivity contribution is -0.201.